The van der Waals surface area contributed by atoms with E-state index in [9.17, 15) is 19.2 Å². The number of carbonyl (C=O) groups is 4. The molecule has 6 heteroatoms. The first-order chi connectivity index (χ1) is 8.09. The Bertz CT molecular complexity index is 410. The van der Waals surface area contributed by atoms with E-state index in [0.29, 0.717) is 6.42 Å². The van der Waals surface area contributed by atoms with Crippen LogP contribution >= 0.6 is 0 Å². The van der Waals surface area contributed by atoms with Crippen LogP contribution in [-0.4, -0.2) is 23.9 Å². The molecule has 0 aromatic rings. The average molecular weight is 236 g/mol. The van der Waals surface area contributed by atoms with Crippen molar-refractivity contribution in [2.24, 2.45) is 35.5 Å². The van der Waals surface area contributed by atoms with Gasteiger partial charge in [-0.3, -0.25) is 19.2 Å². The molecule has 2 saturated heterocycles. The topological polar surface area (TPSA) is 86.7 Å². The second-order valence-electron chi connectivity index (χ2n) is 5.15. The number of hydrogen-bond donors (Lipinski definition) is 0. The fourth-order valence-corrected chi connectivity index (χ4v) is 4.17. The van der Waals surface area contributed by atoms with Gasteiger partial charge in [-0.15, -0.1) is 0 Å². The highest BCUT2D eigenvalue weighted by atomic mass is 16.6. The molecular weight excluding hydrogens is 228 g/mol. The molecule has 0 N–H and O–H groups in total. The van der Waals surface area contributed by atoms with Gasteiger partial charge in [-0.25, -0.2) is 0 Å². The van der Waals surface area contributed by atoms with Crippen molar-refractivity contribution in [3.8, 4) is 0 Å². The molecule has 0 amide bonds. The number of ether oxygens (including phenoxy) is 2. The molecule has 4 fully saturated rings. The van der Waals surface area contributed by atoms with Gasteiger partial charge in [0.2, 0.25) is 0 Å². The van der Waals surface area contributed by atoms with E-state index in [1.54, 1.807) is 0 Å². The lowest BCUT2D eigenvalue weighted by Crippen LogP contribution is -2.56. The Kier molecular flexibility index (Phi) is 1.41. The number of rotatable bonds is 0. The van der Waals surface area contributed by atoms with E-state index in [1.807, 2.05) is 0 Å². The highest BCUT2D eigenvalue weighted by Gasteiger charge is 2.72. The van der Waals surface area contributed by atoms with Crippen molar-refractivity contribution in [1.82, 2.24) is 0 Å². The first-order valence-electron chi connectivity index (χ1n) is 5.60. The van der Waals surface area contributed by atoms with Gasteiger partial charge in [0.05, 0.1) is 23.7 Å². The van der Waals surface area contributed by atoms with Crippen LogP contribution in [0.15, 0.2) is 0 Å². The molecule has 17 heavy (non-hydrogen) atoms. The summed E-state index contributed by atoms with van der Waals surface area (Å²) in [5.74, 6) is -5.27. The summed E-state index contributed by atoms with van der Waals surface area (Å²) in [4.78, 5) is 46.6. The summed E-state index contributed by atoms with van der Waals surface area (Å²) in [7, 11) is 0. The lowest BCUT2D eigenvalue weighted by atomic mass is 9.65. The molecule has 4 atom stereocenters. The van der Waals surface area contributed by atoms with Crippen LogP contribution in [0.4, 0.5) is 0 Å². The fourth-order valence-electron chi connectivity index (χ4n) is 4.17. The molecular formula is C11H8O6. The van der Waals surface area contributed by atoms with Crippen LogP contribution < -0.4 is 0 Å². The van der Waals surface area contributed by atoms with E-state index in [2.05, 4.69) is 9.47 Å². The summed E-state index contributed by atoms with van der Waals surface area (Å²) in [6, 6.07) is 0. The van der Waals surface area contributed by atoms with Crippen molar-refractivity contribution < 1.29 is 28.7 Å². The van der Waals surface area contributed by atoms with Crippen LogP contribution in [0.1, 0.15) is 6.42 Å². The minimum atomic E-state index is -0.631. The van der Waals surface area contributed by atoms with Crippen LogP contribution in [0.5, 0.6) is 0 Å². The van der Waals surface area contributed by atoms with Gasteiger partial charge in [-0.1, -0.05) is 0 Å². The maximum atomic E-state index is 11.6. The minimum Gasteiger partial charge on any atom is -0.393 e. The third kappa shape index (κ3) is 0.852. The molecule has 2 aliphatic heterocycles. The molecule has 88 valence electrons. The Morgan fingerprint density at radius 2 is 0.941 bits per heavy atom. The molecule has 0 aromatic heterocycles. The largest absolute Gasteiger partial charge is 0.393 e. The van der Waals surface area contributed by atoms with Crippen molar-refractivity contribution in [3.05, 3.63) is 0 Å². The second kappa shape index (κ2) is 2.57. The van der Waals surface area contributed by atoms with Gasteiger partial charge >= 0.3 is 23.9 Å². The van der Waals surface area contributed by atoms with Gasteiger partial charge in [0.1, 0.15) is 0 Å². The Morgan fingerprint density at radius 1 is 0.647 bits per heavy atom. The van der Waals surface area contributed by atoms with Gasteiger partial charge in [0, 0.05) is 0 Å². The normalized spacial score (nSPS) is 50.4. The second-order valence-corrected chi connectivity index (χ2v) is 5.15. The van der Waals surface area contributed by atoms with Crippen molar-refractivity contribution in [1.29, 1.82) is 0 Å². The fraction of sp³-hybridized carbons (Fsp3) is 0.636. The Balaban J connectivity index is 1.89. The van der Waals surface area contributed by atoms with Crippen molar-refractivity contribution in [3.63, 3.8) is 0 Å². The predicted octanol–water partition coefficient (Wildman–Crippen LogP) is -0.732. The zero-order valence-corrected chi connectivity index (χ0v) is 8.62. The molecule has 2 heterocycles. The van der Waals surface area contributed by atoms with Gasteiger partial charge in [0.25, 0.3) is 0 Å². The van der Waals surface area contributed by atoms with Crippen LogP contribution in [0.2, 0.25) is 0 Å². The monoisotopic (exact) mass is 236 g/mol. The molecule has 0 aromatic carbocycles. The summed E-state index contributed by atoms with van der Waals surface area (Å²) in [5, 5.41) is 0. The molecule has 6 nitrogen and oxygen atoms in total. The number of hydrogen-bond acceptors (Lipinski definition) is 6. The van der Waals surface area contributed by atoms with Gasteiger partial charge in [-0.05, 0) is 18.3 Å². The van der Waals surface area contributed by atoms with E-state index in [-0.39, 0.29) is 11.8 Å². The summed E-state index contributed by atoms with van der Waals surface area (Å²) in [6.07, 6.45) is 0.576. The first kappa shape index (κ1) is 9.32. The summed E-state index contributed by atoms with van der Waals surface area (Å²) >= 11 is 0. The molecule has 4 unspecified atom stereocenters. The number of carbonyl (C=O) groups excluding carboxylic acids is 4. The van der Waals surface area contributed by atoms with Crippen molar-refractivity contribution >= 4 is 23.9 Å². The molecule has 4 rings (SSSR count). The predicted molar refractivity (Wildman–Crippen MR) is 47.8 cm³/mol. The van der Waals surface area contributed by atoms with Crippen molar-refractivity contribution in [2.75, 3.05) is 0 Å². The number of esters is 4. The van der Waals surface area contributed by atoms with E-state index in [0.717, 1.165) is 0 Å². The van der Waals surface area contributed by atoms with E-state index in [4.69, 9.17) is 0 Å². The summed E-state index contributed by atoms with van der Waals surface area (Å²) in [5.41, 5.74) is 0. The van der Waals surface area contributed by atoms with Crippen LogP contribution in [0.25, 0.3) is 0 Å². The van der Waals surface area contributed by atoms with Gasteiger partial charge in [0.15, 0.2) is 0 Å². The zero-order chi connectivity index (χ0) is 11.9. The minimum absolute atomic E-state index is 0.208. The maximum absolute atomic E-state index is 11.6. The van der Waals surface area contributed by atoms with Gasteiger partial charge < -0.3 is 9.47 Å². The Labute approximate surface area is 95.2 Å². The SMILES string of the molecule is O=C1OC(=O)C2C3CC4C(C(=O)OC(=O)C42)C13. The molecule has 2 saturated carbocycles. The Morgan fingerprint density at radius 3 is 1.24 bits per heavy atom. The lowest BCUT2D eigenvalue weighted by Gasteiger charge is -2.42. The highest BCUT2D eigenvalue weighted by molar-refractivity contribution is 6.03. The first-order valence-corrected chi connectivity index (χ1v) is 5.60. The molecule has 0 radical (unpaired) electrons. The Hall–Kier alpha value is -1.72. The zero-order valence-electron chi connectivity index (χ0n) is 8.62. The molecule has 4 aliphatic rings. The summed E-state index contributed by atoms with van der Waals surface area (Å²) in [6.45, 7) is 0. The molecule has 2 bridgehead atoms. The number of fused-ring (bicyclic) bond motifs is 2. The van der Waals surface area contributed by atoms with E-state index < -0.39 is 47.5 Å². The molecule has 0 spiro atoms. The quantitative estimate of drug-likeness (QED) is 0.407. The number of cyclic esters (lactones) is 4. The molecule has 2 aliphatic carbocycles. The van der Waals surface area contributed by atoms with Crippen LogP contribution in [0.3, 0.4) is 0 Å². The smallest absolute Gasteiger partial charge is 0.317 e. The lowest BCUT2D eigenvalue weighted by molar-refractivity contribution is -0.200. The van der Waals surface area contributed by atoms with E-state index >= 15 is 0 Å². The average Bonchev–Trinajstić information content (AvgIpc) is 2.80. The van der Waals surface area contributed by atoms with Gasteiger partial charge in [-0.2, -0.15) is 0 Å². The third-order valence-electron chi connectivity index (χ3n) is 4.65. The standard InChI is InChI=1S/C11H8O6/c12-8-4-2-1-3-6(4)10(14)17-11(15)7(3)5(2)9(13)16-8/h2-7H,1H2. The van der Waals surface area contributed by atoms with E-state index in [1.165, 1.54) is 0 Å². The van der Waals surface area contributed by atoms with Crippen LogP contribution in [-0.2, 0) is 28.7 Å². The third-order valence-corrected chi connectivity index (χ3v) is 4.65. The maximum Gasteiger partial charge on any atom is 0.317 e. The summed E-state index contributed by atoms with van der Waals surface area (Å²) < 4.78 is 9.29. The highest BCUT2D eigenvalue weighted by Crippen LogP contribution is 2.62. The van der Waals surface area contributed by atoms with Crippen LogP contribution in [0, 0.1) is 35.5 Å². The van der Waals surface area contributed by atoms with Crippen molar-refractivity contribution in [2.45, 2.75) is 6.42 Å².